The van der Waals surface area contributed by atoms with E-state index in [1.54, 1.807) is 36.4 Å². The predicted octanol–water partition coefficient (Wildman–Crippen LogP) is 1.16. The Morgan fingerprint density at radius 2 is 1.71 bits per heavy atom. The lowest BCUT2D eigenvalue weighted by molar-refractivity contribution is 0.0876. The number of carbonyl (C=O) groups excluding carboxylic acids is 1. The molecule has 6 nitrogen and oxygen atoms in total. The van der Waals surface area contributed by atoms with Crippen molar-refractivity contribution in [1.29, 1.82) is 0 Å². The topological polar surface area (TPSA) is 62.6 Å². The Kier molecular flexibility index (Phi) is 4.84. The lowest BCUT2D eigenvalue weighted by Gasteiger charge is -2.31. The van der Waals surface area contributed by atoms with Gasteiger partial charge in [-0.2, -0.15) is 0 Å². The first kappa shape index (κ1) is 16.9. The molecule has 1 fully saturated rings. The molecule has 0 N–H and O–H groups in total. The average molecular weight is 347 g/mol. The van der Waals surface area contributed by atoms with Crippen molar-refractivity contribution in [3.8, 4) is 0 Å². The molecule has 0 unspecified atom stereocenters. The maximum absolute atomic E-state index is 12.5. The highest BCUT2D eigenvalue weighted by atomic mass is 32.2. The number of hydrogen-bond donors (Lipinski definition) is 0. The van der Waals surface area contributed by atoms with E-state index in [1.807, 2.05) is 0 Å². The number of nitrogens with zero attached hydrogens (tertiary/aromatic N) is 3. The maximum Gasteiger partial charge on any atom is 0.267 e. The summed E-state index contributed by atoms with van der Waals surface area (Å²) in [6.45, 7) is 3.91. The standard InChI is InChI=1S/C17H21N3O3S/c1-18-9-11-19(12-10-18)14-17(21)15-7-8-20(13-15)24(22,23)16-5-3-2-4-6-16/h2-8,13H,9-12,14H2,1H3. The zero-order valence-electron chi connectivity index (χ0n) is 13.6. The Balaban J connectivity index is 1.72. The van der Waals surface area contributed by atoms with E-state index in [0.29, 0.717) is 12.1 Å². The van der Waals surface area contributed by atoms with Crippen molar-refractivity contribution < 1.29 is 13.2 Å². The van der Waals surface area contributed by atoms with Crippen molar-refractivity contribution >= 4 is 15.8 Å². The summed E-state index contributed by atoms with van der Waals surface area (Å²) in [6.07, 6.45) is 2.83. The van der Waals surface area contributed by atoms with E-state index in [9.17, 15) is 13.2 Å². The quantitative estimate of drug-likeness (QED) is 0.760. The van der Waals surface area contributed by atoms with Crippen molar-refractivity contribution in [2.24, 2.45) is 0 Å². The van der Waals surface area contributed by atoms with Crippen LogP contribution in [-0.4, -0.2) is 67.7 Å². The first-order valence-corrected chi connectivity index (χ1v) is 9.33. The zero-order chi connectivity index (χ0) is 17.2. The molecule has 0 radical (unpaired) electrons. The molecule has 0 atom stereocenters. The minimum Gasteiger partial charge on any atom is -0.304 e. The molecule has 3 rings (SSSR count). The predicted molar refractivity (Wildman–Crippen MR) is 91.7 cm³/mol. The Morgan fingerprint density at radius 3 is 2.38 bits per heavy atom. The smallest absolute Gasteiger partial charge is 0.267 e. The van der Waals surface area contributed by atoms with Gasteiger partial charge < -0.3 is 4.90 Å². The fourth-order valence-electron chi connectivity index (χ4n) is 2.71. The minimum atomic E-state index is -3.65. The molecule has 1 aliphatic rings. The van der Waals surface area contributed by atoms with E-state index in [2.05, 4.69) is 16.8 Å². The number of carbonyl (C=O) groups is 1. The summed E-state index contributed by atoms with van der Waals surface area (Å²) in [5.74, 6) is -0.0541. The number of piperazine rings is 1. The number of hydrogen-bond acceptors (Lipinski definition) is 5. The molecule has 0 spiro atoms. The van der Waals surface area contributed by atoms with Gasteiger partial charge in [0, 0.05) is 44.1 Å². The second-order valence-electron chi connectivity index (χ2n) is 6.05. The van der Waals surface area contributed by atoms with E-state index < -0.39 is 10.0 Å². The molecule has 0 aliphatic carbocycles. The third-order valence-corrected chi connectivity index (χ3v) is 5.92. The average Bonchev–Trinajstić information content (AvgIpc) is 3.09. The van der Waals surface area contributed by atoms with Gasteiger partial charge in [0.15, 0.2) is 5.78 Å². The number of Topliss-reactive ketones (excluding diaryl/α,β-unsaturated/α-hetero) is 1. The molecule has 0 bridgehead atoms. The van der Waals surface area contributed by atoms with E-state index in [4.69, 9.17) is 0 Å². The summed E-state index contributed by atoms with van der Waals surface area (Å²) in [5.41, 5.74) is 0.424. The van der Waals surface area contributed by atoms with Gasteiger partial charge in [-0.05, 0) is 25.2 Å². The summed E-state index contributed by atoms with van der Waals surface area (Å²) >= 11 is 0. The largest absolute Gasteiger partial charge is 0.304 e. The Bertz CT molecular complexity index is 807. The summed E-state index contributed by atoms with van der Waals surface area (Å²) in [6, 6.07) is 9.77. The van der Waals surface area contributed by atoms with Crippen LogP contribution >= 0.6 is 0 Å². The monoisotopic (exact) mass is 347 g/mol. The molecular formula is C17H21N3O3S. The lowest BCUT2D eigenvalue weighted by atomic mass is 10.2. The summed E-state index contributed by atoms with van der Waals surface area (Å²) in [4.78, 5) is 16.9. The molecule has 1 aromatic heterocycles. The molecule has 0 amide bonds. The number of ketones is 1. The number of benzene rings is 1. The highest BCUT2D eigenvalue weighted by molar-refractivity contribution is 7.90. The molecular weight excluding hydrogens is 326 g/mol. The highest BCUT2D eigenvalue weighted by Crippen LogP contribution is 2.15. The number of aromatic nitrogens is 1. The van der Waals surface area contributed by atoms with Crippen LogP contribution in [0.1, 0.15) is 10.4 Å². The van der Waals surface area contributed by atoms with Crippen LogP contribution in [0, 0.1) is 0 Å². The first-order valence-electron chi connectivity index (χ1n) is 7.89. The molecule has 2 aromatic rings. The van der Waals surface area contributed by atoms with Crippen molar-refractivity contribution in [1.82, 2.24) is 13.8 Å². The normalized spacial score (nSPS) is 17.0. The van der Waals surface area contributed by atoms with Gasteiger partial charge >= 0.3 is 0 Å². The van der Waals surface area contributed by atoms with Crippen molar-refractivity contribution in [2.75, 3.05) is 39.8 Å². The summed E-state index contributed by atoms with van der Waals surface area (Å²) in [7, 11) is -1.58. The second kappa shape index (κ2) is 6.88. The van der Waals surface area contributed by atoms with Crippen LogP contribution in [0.3, 0.4) is 0 Å². The van der Waals surface area contributed by atoms with Gasteiger partial charge in [0.05, 0.1) is 11.4 Å². The fraction of sp³-hybridized carbons (Fsp3) is 0.353. The molecule has 1 aliphatic heterocycles. The fourth-order valence-corrected chi connectivity index (χ4v) is 3.92. The van der Waals surface area contributed by atoms with Crippen molar-refractivity contribution in [3.63, 3.8) is 0 Å². The van der Waals surface area contributed by atoms with E-state index in [1.165, 1.54) is 12.4 Å². The third-order valence-electron chi connectivity index (χ3n) is 4.27. The Morgan fingerprint density at radius 1 is 1.04 bits per heavy atom. The SMILES string of the molecule is CN1CCN(CC(=O)c2ccn(S(=O)(=O)c3ccccc3)c2)CC1. The first-order chi connectivity index (χ1) is 11.5. The highest BCUT2D eigenvalue weighted by Gasteiger charge is 2.21. The number of likely N-dealkylation sites (N-methyl/N-ethyl adjacent to an activating group) is 1. The van der Waals surface area contributed by atoms with Gasteiger partial charge in [-0.3, -0.25) is 9.69 Å². The molecule has 2 heterocycles. The zero-order valence-corrected chi connectivity index (χ0v) is 14.4. The Labute approximate surface area is 142 Å². The number of rotatable bonds is 5. The summed E-state index contributed by atoms with van der Waals surface area (Å²) < 4.78 is 26.2. The molecule has 1 aromatic carbocycles. The van der Waals surface area contributed by atoms with Crippen LogP contribution in [0.15, 0.2) is 53.7 Å². The molecule has 1 saturated heterocycles. The van der Waals surface area contributed by atoms with Crippen molar-refractivity contribution in [2.45, 2.75) is 4.90 Å². The van der Waals surface area contributed by atoms with Gasteiger partial charge in [0.2, 0.25) is 0 Å². The van der Waals surface area contributed by atoms with Crippen LogP contribution in [0.25, 0.3) is 0 Å². The molecule has 128 valence electrons. The van der Waals surface area contributed by atoms with E-state index >= 15 is 0 Å². The lowest BCUT2D eigenvalue weighted by Crippen LogP contribution is -2.46. The molecule has 24 heavy (non-hydrogen) atoms. The van der Waals surface area contributed by atoms with Crippen LogP contribution in [0.4, 0.5) is 0 Å². The molecule has 7 heteroatoms. The van der Waals surface area contributed by atoms with Crippen LogP contribution < -0.4 is 0 Å². The van der Waals surface area contributed by atoms with Crippen molar-refractivity contribution in [3.05, 3.63) is 54.4 Å². The molecule has 0 saturated carbocycles. The van der Waals surface area contributed by atoms with E-state index in [-0.39, 0.29) is 10.7 Å². The van der Waals surface area contributed by atoms with Gasteiger partial charge in [-0.1, -0.05) is 18.2 Å². The van der Waals surface area contributed by atoms with Crippen LogP contribution in [-0.2, 0) is 10.0 Å². The second-order valence-corrected chi connectivity index (χ2v) is 7.89. The third kappa shape index (κ3) is 3.58. The Hall–Kier alpha value is -1.96. The van der Waals surface area contributed by atoms with E-state index in [0.717, 1.165) is 30.2 Å². The maximum atomic E-state index is 12.5. The van der Waals surface area contributed by atoms with Crippen LogP contribution in [0.2, 0.25) is 0 Å². The summed E-state index contributed by atoms with van der Waals surface area (Å²) in [5, 5.41) is 0. The van der Waals surface area contributed by atoms with Gasteiger partial charge in [0.1, 0.15) is 0 Å². The van der Waals surface area contributed by atoms with Crippen LogP contribution in [0.5, 0.6) is 0 Å². The van der Waals surface area contributed by atoms with Gasteiger partial charge in [0.25, 0.3) is 10.0 Å². The van der Waals surface area contributed by atoms with Gasteiger partial charge in [-0.15, -0.1) is 0 Å². The minimum absolute atomic E-state index is 0.0541. The van der Waals surface area contributed by atoms with Gasteiger partial charge in [-0.25, -0.2) is 12.4 Å².